The van der Waals surface area contributed by atoms with Crippen molar-refractivity contribution in [3.63, 3.8) is 0 Å². The van der Waals surface area contributed by atoms with Gasteiger partial charge in [0.05, 0.1) is 0 Å². The highest BCUT2D eigenvalue weighted by Crippen LogP contribution is 2.32. The number of rotatable bonds is 6. The molecule has 1 aliphatic carbocycles. The van der Waals surface area contributed by atoms with Gasteiger partial charge in [-0.1, -0.05) is 43.4 Å². The van der Waals surface area contributed by atoms with Crippen LogP contribution in [0.5, 0.6) is 0 Å². The first-order chi connectivity index (χ1) is 16.2. The number of benzene rings is 1. The number of amides is 3. The summed E-state index contributed by atoms with van der Waals surface area (Å²) in [5.41, 5.74) is -0.329. The fraction of sp³-hybridized carbons (Fsp3) is 0.607. The summed E-state index contributed by atoms with van der Waals surface area (Å²) in [4.78, 5) is 41.5. The van der Waals surface area contributed by atoms with Crippen LogP contribution in [0.2, 0.25) is 0 Å². The molecular weight excluding hydrogens is 442 g/mol. The van der Waals surface area contributed by atoms with Crippen LogP contribution in [-0.2, 0) is 14.3 Å². The number of alkyl carbamates (subject to hydrolysis) is 1. The van der Waals surface area contributed by atoms with Gasteiger partial charge in [0.15, 0.2) is 0 Å². The summed E-state index contributed by atoms with van der Waals surface area (Å²) in [5, 5.41) is 5.79. The first kappa shape index (κ1) is 28.2. The van der Waals surface area contributed by atoms with Crippen molar-refractivity contribution in [1.29, 1.82) is 0 Å². The molecule has 1 saturated carbocycles. The average Bonchev–Trinajstić information content (AvgIpc) is 2.75. The topological polar surface area (TPSA) is 87.7 Å². The third-order valence-corrected chi connectivity index (χ3v) is 5.93. The summed E-state index contributed by atoms with van der Waals surface area (Å²) in [6.07, 6.45) is 10.2. The summed E-state index contributed by atoms with van der Waals surface area (Å²) in [6, 6.07) is 5.36. The second-order valence-corrected chi connectivity index (χ2v) is 11.2. The van der Waals surface area contributed by atoms with Crippen LogP contribution in [0, 0.1) is 12.3 Å². The van der Waals surface area contributed by atoms with E-state index in [1.165, 1.54) is 4.90 Å². The standard InChI is InChI=1S/C28H41N3O4/c1-9-20-15-13-14-18-22(20)23(24(32)30-21-16-11-10-12-17-21)31(27(3,4)5)25(33)19(2)29-26(34)35-28(6,7)8/h1,13-15,18-19,21,23H,10-12,16-17H2,2-8H3,(H,29,34)(H,30,32). The fourth-order valence-electron chi connectivity index (χ4n) is 4.39. The van der Waals surface area contributed by atoms with E-state index >= 15 is 0 Å². The highest BCUT2D eigenvalue weighted by molar-refractivity contribution is 5.93. The van der Waals surface area contributed by atoms with Crippen LogP contribution in [0.3, 0.4) is 0 Å². The summed E-state index contributed by atoms with van der Waals surface area (Å²) >= 11 is 0. The zero-order chi connectivity index (χ0) is 26.4. The van der Waals surface area contributed by atoms with E-state index in [-0.39, 0.29) is 11.9 Å². The molecule has 0 heterocycles. The van der Waals surface area contributed by atoms with Gasteiger partial charge in [0.25, 0.3) is 0 Å². The maximum Gasteiger partial charge on any atom is 0.408 e. The maximum absolute atomic E-state index is 13.8. The number of ether oxygens (including phenoxy) is 1. The van der Waals surface area contributed by atoms with E-state index in [0.29, 0.717) is 11.1 Å². The van der Waals surface area contributed by atoms with Crippen molar-refractivity contribution in [3.05, 3.63) is 35.4 Å². The molecule has 1 aliphatic rings. The Morgan fingerprint density at radius 3 is 2.20 bits per heavy atom. The van der Waals surface area contributed by atoms with Gasteiger partial charge in [-0.25, -0.2) is 4.79 Å². The first-order valence-corrected chi connectivity index (χ1v) is 12.4. The lowest BCUT2D eigenvalue weighted by atomic mass is 9.91. The van der Waals surface area contributed by atoms with E-state index < -0.39 is 35.2 Å². The molecule has 0 aromatic heterocycles. The monoisotopic (exact) mass is 483 g/mol. The molecule has 35 heavy (non-hydrogen) atoms. The Morgan fingerprint density at radius 1 is 1.06 bits per heavy atom. The number of nitrogens with zero attached hydrogens (tertiary/aromatic N) is 1. The molecule has 0 bridgehead atoms. The second kappa shape index (κ2) is 11.6. The Kier molecular flexibility index (Phi) is 9.37. The molecule has 0 radical (unpaired) electrons. The van der Waals surface area contributed by atoms with Crippen molar-refractivity contribution in [2.75, 3.05) is 0 Å². The highest BCUT2D eigenvalue weighted by atomic mass is 16.6. The minimum atomic E-state index is -0.959. The molecule has 0 aliphatic heterocycles. The van der Waals surface area contributed by atoms with E-state index in [2.05, 4.69) is 16.6 Å². The van der Waals surface area contributed by atoms with Crippen molar-refractivity contribution >= 4 is 17.9 Å². The lowest BCUT2D eigenvalue weighted by molar-refractivity contribution is -0.148. The molecule has 3 amide bonds. The normalized spacial score (nSPS) is 16.4. The Hall–Kier alpha value is -3.01. The lowest BCUT2D eigenvalue weighted by Gasteiger charge is -2.43. The van der Waals surface area contributed by atoms with Gasteiger partial charge >= 0.3 is 6.09 Å². The Morgan fingerprint density at radius 2 is 1.66 bits per heavy atom. The van der Waals surface area contributed by atoms with E-state index in [9.17, 15) is 14.4 Å². The van der Waals surface area contributed by atoms with E-state index in [1.54, 1.807) is 39.8 Å². The maximum atomic E-state index is 13.8. The molecule has 1 fully saturated rings. The van der Waals surface area contributed by atoms with Crippen LogP contribution < -0.4 is 10.6 Å². The Balaban J connectivity index is 2.46. The van der Waals surface area contributed by atoms with Gasteiger partial charge in [-0.05, 0) is 72.9 Å². The molecule has 0 saturated heterocycles. The van der Waals surface area contributed by atoms with Gasteiger partial charge in [0.1, 0.15) is 17.7 Å². The van der Waals surface area contributed by atoms with Crippen LogP contribution >= 0.6 is 0 Å². The smallest absolute Gasteiger partial charge is 0.408 e. The van der Waals surface area contributed by atoms with Crippen LogP contribution in [0.15, 0.2) is 24.3 Å². The minimum absolute atomic E-state index is 0.0611. The van der Waals surface area contributed by atoms with E-state index in [4.69, 9.17) is 11.2 Å². The van der Waals surface area contributed by atoms with Crippen molar-refractivity contribution < 1.29 is 19.1 Å². The van der Waals surface area contributed by atoms with Gasteiger partial charge < -0.3 is 20.3 Å². The van der Waals surface area contributed by atoms with Crippen LogP contribution in [-0.4, -0.2) is 46.0 Å². The van der Waals surface area contributed by atoms with Crippen LogP contribution in [0.25, 0.3) is 0 Å². The quantitative estimate of drug-likeness (QED) is 0.574. The van der Waals surface area contributed by atoms with Gasteiger partial charge in [-0.2, -0.15) is 0 Å². The van der Waals surface area contributed by atoms with Gasteiger partial charge in [0.2, 0.25) is 11.8 Å². The third-order valence-electron chi connectivity index (χ3n) is 5.93. The van der Waals surface area contributed by atoms with E-state index in [0.717, 1.165) is 32.1 Å². The molecule has 2 rings (SSSR count). The summed E-state index contributed by atoms with van der Waals surface area (Å²) in [6.45, 7) is 12.4. The van der Waals surface area contributed by atoms with Crippen LogP contribution in [0.1, 0.15) is 97.7 Å². The third kappa shape index (κ3) is 8.02. The number of carbonyl (C=O) groups is 3. The van der Waals surface area contributed by atoms with Gasteiger partial charge in [-0.15, -0.1) is 6.42 Å². The lowest BCUT2D eigenvalue weighted by Crippen LogP contribution is -2.58. The van der Waals surface area contributed by atoms with Crippen molar-refractivity contribution in [2.24, 2.45) is 0 Å². The SMILES string of the molecule is C#Cc1ccccc1C(C(=O)NC1CCCCC1)N(C(=O)C(C)NC(=O)OC(C)(C)C)C(C)(C)C. The van der Waals surface area contributed by atoms with Crippen LogP contribution in [0.4, 0.5) is 4.79 Å². The minimum Gasteiger partial charge on any atom is -0.444 e. The largest absolute Gasteiger partial charge is 0.444 e. The molecule has 2 N–H and O–H groups in total. The van der Waals surface area contributed by atoms with Gasteiger partial charge in [-0.3, -0.25) is 9.59 Å². The number of nitrogens with one attached hydrogen (secondary N) is 2. The number of hydrogen-bond acceptors (Lipinski definition) is 4. The zero-order valence-corrected chi connectivity index (χ0v) is 22.2. The summed E-state index contributed by atoms with van der Waals surface area (Å²) in [5.74, 6) is 1.98. The molecule has 192 valence electrons. The molecule has 1 aromatic carbocycles. The van der Waals surface area contributed by atoms with Crippen molar-refractivity contribution in [3.8, 4) is 12.3 Å². The summed E-state index contributed by atoms with van der Waals surface area (Å²) < 4.78 is 5.33. The molecule has 2 atom stereocenters. The Bertz CT molecular complexity index is 946. The number of terminal acetylenes is 1. The zero-order valence-electron chi connectivity index (χ0n) is 22.2. The second-order valence-electron chi connectivity index (χ2n) is 11.2. The van der Waals surface area contributed by atoms with E-state index in [1.807, 2.05) is 32.9 Å². The van der Waals surface area contributed by atoms with Gasteiger partial charge in [0, 0.05) is 17.1 Å². The molecule has 7 heteroatoms. The molecule has 0 spiro atoms. The predicted octanol–water partition coefficient (Wildman–Crippen LogP) is 4.70. The molecule has 7 nitrogen and oxygen atoms in total. The summed E-state index contributed by atoms with van der Waals surface area (Å²) in [7, 11) is 0. The Labute approximate surface area is 210 Å². The predicted molar refractivity (Wildman–Crippen MR) is 138 cm³/mol. The molecular formula is C28H41N3O4. The first-order valence-electron chi connectivity index (χ1n) is 12.4. The van der Waals surface area contributed by atoms with Crippen molar-refractivity contribution in [2.45, 2.75) is 110 Å². The average molecular weight is 484 g/mol. The number of carbonyl (C=O) groups excluding carboxylic acids is 3. The fourth-order valence-corrected chi connectivity index (χ4v) is 4.39. The number of hydrogen-bond donors (Lipinski definition) is 2. The highest BCUT2D eigenvalue weighted by Gasteiger charge is 2.42. The van der Waals surface area contributed by atoms with Crippen molar-refractivity contribution in [1.82, 2.24) is 15.5 Å². The molecule has 1 aromatic rings. The molecule has 2 unspecified atom stereocenters.